The van der Waals surface area contributed by atoms with Crippen molar-refractivity contribution in [2.75, 3.05) is 26.2 Å². The lowest BCUT2D eigenvalue weighted by Gasteiger charge is -2.32. The van der Waals surface area contributed by atoms with Crippen molar-refractivity contribution in [1.82, 2.24) is 15.1 Å². The first kappa shape index (κ1) is 24.8. The molecule has 188 valence electrons. The van der Waals surface area contributed by atoms with Gasteiger partial charge in [0.15, 0.2) is 0 Å². The van der Waals surface area contributed by atoms with Gasteiger partial charge in [-0.05, 0) is 71.3 Å². The first-order valence-corrected chi connectivity index (χ1v) is 12.0. The van der Waals surface area contributed by atoms with Crippen LogP contribution in [0.25, 0.3) is 0 Å². The molecule has 0 aliphatic carbocycles. The predicted molar refractivity (Wildman–Crippen MR) is 124 cm³/mol. The topological polar surface area (TPSA) is 122 Å². The highest BCUT2D eigenvalue weighted by Crippen LogP contribution is 2.30. The summed E-state index contributed by atoms with van der Waals surface area (Å²) in [6.45, 7) is 8.18. The highest BCUT2D eigenvalue weighted by Gasteiger charge is 2.44. The van der Waals surface area contributed by atoms with Crippen LogP contribution in [0.2, 0.25) is 0 Å². The fourth-order valence-electron chi connectivity index (χ4n) is 4.61. The van der Waals surface area contributed by atoms with Crippen molar-refractivity contribution in [3.63, 3.8) is 0 Å². The zero-order valence-corrected chi connectivity index (χ0v) is 20.3. The molecule has 0 bridgehead atoms. The molecule has 10 nitrogen and oxygen atoms in total. The smallest absolute Gasteiger partial charge is 0.309 e. The molecular formula is C25H31N3O7. The molecule has 1 aromatic carbocycles. The van der Waals surface area contributed by atoms with Gasteiger partial charge in [0.2, 0.25) is 11.8 Å². The van der Waals surface area contributed by atoms with Crippen LogP contribution >= 0.6 is 0 Å². The number of hydrogen-bond donors (Lipinski definition) is 1. The average Bonchev–Trinajstić information content (AvgIpc) is 3.03. The zero-order valence-electron chi connectivity index (χ0n) is 20.3. The van der Waals surface area contributed by atoms with Gasteiger partial charge in [0.25, 0.3) is 11.8 Å². The highest BCUT2D eigenvalue weighted by atomic mass is 16.6. The number of piperidine rings is 2. The number of carbonyl (C=O) groups excluding carboxylic acids is 5. The second-order valence-electron chi connectivity index (χ2n) is 10.2. The van der Waals surface area contributed by atoms with E-state index in [1.165, 1.54) is 12.1 Å². The number of hydrogen-bond acceptors (Lipinski definition) is 8. The fraction of sp³-hybridized carbons (Fsp3) is 0.560. The molecule has 3 heterocycles. The standard InChI is InChI=1S/C25H31N3O7/c1-25(2,3)35-24(33)15-8-10-27(11-9-15)12-13-34-16-4-5-17-18(14-16)23(32)28(22(17)31)19-6-7-20(29)26-21(19)30/h4-5,14-15,19H,6-13H2,1-3H3,(H,26,29,30). The summed E-state index contributed by atoms with van der Waals surface area (Å²) in [6, 6.07) is 3.69. The minimum atomic E-state index is -0.993. The van der Waals surface area contributed by atoms with Gasteiger partial charge >= 0.3 is 5.97 Å². The Kier molecular flexibility index (Phi) is 6.93. The van der Waals surface area contributed by atoms with Crippen molar-refractivity contribution >= 4 is 29.6 Å². The molecule has 1 aromatic rings. The van der Waals surface area contributed by atoms with Crippen LogP contribution in [0.4, 0.5) is 0 Å². The second kappa shape index (κ2) is 9.77. The van der Waals surface area contributed by atoms with E-state index in [4.69, 9.17) is 9.47 Å². The number of rotatable bonds is 6. The molecule has 0 spiro atoms. The van der Waals surface area contributed by atoms with Crippen molar-refractivity contribution in [2.24, 2.45) is 5.92 Å². The van der Waals surface area contributed by atoms with Crippen molar-refractivity contribution in [2.45, 2.75) is 58.1 Å². The molecule has 1 atom stereocenters. The summed E-state index contributed by atoms with van der Waals surface area (Å²) in [4.78, 5) is 64.7. The average molecular weight is 486 g/mol. The minimum absolute atomic E-state index is 0.0766. The van der Waals surface area contributed by atoms with Crippen LogP contribution in [0.5, 0.6) is 5.75 Å². The molecule has 3 aliphatic heterocycles. The molecule has 3 aliphatic rings. The Morgan fingerprint density at radius 2 is 1.71 bits per heavy atom. The van der Waals surface area contributed by atoms with Crippen LogP contribution in [0.1, 0.15) is 67.2 Å². The minimum Gasteiger partial charge on any atom is -0.492 e. The summed E-state index contributed by atoms with van der Waals surface area (Å²) < 4.78 is 11.3. The molecule has 4 rings (SSSR count). The number of benzene rings is 1. The van der Waals surface area contributed by atoms with E-state index < -0.39 is 35.3 Å². The molecule has 2 fully saturated rings. The predicted octanol–water partition coefficient (Wildman–Crippen LogP) is 1.52. The SMILES string of the molecule is CC(C)(C)OC(=O)C1CCN(CCOc2ccc3c(c2)C(=O)N(C2CCC(=O)NC2=O)C3=O)CC1. The van der Waals surface area contributed by atoms with Gasteiger partial charge in [0.1, 0.15) is 24.0 Å². The lowest BCUT2D eigenvalue weighted by molar-refractivity contribution is -0.161. The first-order valence-electron chi connectivity index (χ1n) is 12.0. The molecule has 1 unspecified atom stereocenters. The number of ether oxygens (including phenoxy) is 2. The van der Waals surface area contributed by atoms with Gasteiger partial charge in [-0.3, -0.25) is 39.1 Å². The summed E-state index contributed by atoms with van der Waals surface area (Å²) in [7, 11) is 0. The van der Waals surface area contributed by atoms with Gasteiger partial charge in [0.05, 0.1) is 17.0 Å². The maximum Gasteiger partial charge on any atom is 0.309 e. The largest absolute Gasteiger partial charge is 0.492 e. The third kappa shape index (κ3) is 5.53. The van der Waals surface area contributed by atoms with Crippen LogP contribution in [-0.2, 0) is 19.1 Å². The van der Waals surface area contributed by atoms with Gasteiger partial charge in [-0.2, -0.15) is 0 Å². The Bertz CT molecular complexity index is 1050. The van der Waals surface area contributed by atoms with Gasteiger partial charge < -0.3 is 9.47 Å². The molecule has 10 heteroatoms. The lowest BCUT2D eigenvalue weighted by atomic mass is 9.96. The van der Waals surface area contributed by atoms with E-state index in [0.717, 1.165) is 30.8 Å². The van der Waals surface area contributed by atoms with Gasteiger partial charge in [-0.25, -0.2) is 0 Å². The molecule has 0 radical (unpaired) electrons. The molecular weight excluding hydrogens is 454 g/mol. The van der Waals surface area contributed by atoms with E-state index in [1.54, 1.807) is 6.07 Å². The number of esters is 1. The van der Waals surface area contributed by atoms with E-state index in [-0.39, 0.29) is 35.9 Å². The third-order valence-corrected chi connectivity index (χ3v) is 6.42. The van der Waals surface area contributed by atoms with Crippen molar-refractivity contribution in [3.05, 3.63) is 29.3 Å². The van der Waals surface area contributed by atoms with E-state index >= 15 is 0 Å². The van der Waals surface area contributed by atoms with Crippen LogP contribution in [-0.4, -0.2) is 77.3 Å². The summed E-state index contributed by atoms with van der Waals surface area (Å²) in [5, 5.41) is 2.18. The quantitative estimate of drug-likeness (QED) is 0.475. The molecule has 0 saturated carbocycles. The van der Waals surface area contributed by atoms with E-state index in [1.807, 2.05) is 20.8 Å². The number of amides is 4. The molecule has 1 N–H and O–H groups in total. The molecule has 0 aromatic heterocycles. The Morgan fingerprint density at radius 3 is 2.37 bits per heavy atom. The van der Waals surface area contributed by atoms with Gasteiger partial charge in [-0.15, -0.1) is 0 Å². The summed E-state index contributed by atoms with van der Waals surface area (Å²) in [6.07, 6.45) is 1.67. The van der Waals surface area contributed by atoms with E-state index in [9.17, 15) is 24.0 Å². The van der Waals surface area contributed by atoms with Crippen LogP contribution in [0.15, 0.2) is 18.2 Å². The third-order valence-electron chi connectivity index (χ3n) is 6.42. The van der Waals surface area contributed by atoms with Gasteiger partial charge in [-0.1, -0.05) is 0 Å². The van der Waals surface area contributed by atoms with Crippen LogP contribution in [0.3, 0.4) is 0 Å². The maximum atomic E-state index is 12.9. The van der Waals surface area contributed by atoms with Gasteiger partial charge in [0, 0.05) is 13.0 Å². The number of nitrogens with one attached hydrogen (secondary N) is 1. The summed E-state index contributed by atoms with van der Waals surface area (Å²) in [5.41, 5.74) is -0.0744. The Hall–Kier alpha value is -3.27. The molecule has 35 heavy (non-hydrogen) atoms. The first-order chi connectivity index (χ1) is 16.5. The zero-order chi connectivity index (χ0) is 25.3. The number of fused-ring (bicyclic) bond motifs is 1. The van der Waals surface area contributed by atoms with E-state index in [0.29, 0.717) is 18.9 Å². The number of imide groups is 2. The maximum absolute atomic E-state index is 12.9. The monoisotopic (exact) mass is 485 g/mol. The Balaban J connectivity index is 1.29. The number of nitrogens with zero attached hydrogens (tertiary/aromatic N) is 2. The molecule has 4 amide bonds. The Labute approximate surface area is 203 Å². The van der Waals surface area contributed by atoms with Crippen LogP contribution < -0.4 is 10.1 Å². The van der Waals surface area contributed by atoms with Crippen molar-refractivity contribution in [3.8, 4) is 5.75 Å². The number of likely N-dealkylation sites (tertiary alicyclic amines) is 1. The summed E-state index contributed by atoms with van der Waals surface area (Å²) >= 11 is 0. The van der Waals surface area contributed by atoms with E-state index in [2.05, 4.69) is 10.2 Å². The molecule has 2 saturated heterocycles. The second-order valence-corrected chi connectivity index (χ2v) is 10.2. The van der Waals surface area contributed by atoms with Crippen LogP contribution in [0, 0.1) is 5.92 Å². The lowest BCUT2D eigenvalue weighted by Crippen LogP contribution is -2.54. The normalized spacial score (nSPS) is 21.7. The summed E-state index contributed by atoms with van der Waals surface area (Å²) in [5.74, 6) is -1.92. The fourth-order valence-corrected chi connectivity index (χ4v) is 4.61. The Morgan fingerprint density at radius 1 is 1.03 bits per heavy atom. The van der Waals surface area contributed by atoms with Crippen molar-refractivity contribution in [1.29, 1.82) is 0 Å². The highest BCUT2D eigenvalue weighted by molar-refractivity contribution is 6.23. The number of carbonyl (C=O) groups is 5. The van der Waals surface area contributed by atoms with Crippen molar-refractivity contribution < 1.29 is 33.4 Å².